The zero-order chi connectivity index (χ0) is 16.7. The Morgan fingerprint density at radius 3 is 2.78 bits per heavy atom. The number of aromatic nitrogens is 3. The average Bonchev–Trinajstić information content (AvgIpc) is 2.94. The summed E-state index contributed by atoms with van der Waals surface area (Å²) >= 11 is 0. The SMILES string of the molecule is CC(C)CC(CO)NC(=O)Nc1ccnn1Cc1ccccn1. The van der Waals surface area contributed by atoms with E-state index in [0.29, 0.717) is 18.3 Å². The minimum Gasteiger partial charge on any atom is -0.394 e. The molecule has 0 saturated heterocycles. The van der Waals surface area contributed by atoms with Gasteiger partial charge in [-0.3, -0.25) is 10.3 Å². The van der Waals surface area contributed by atoms with Crippen LogP contribution >= 0.6 is 0 Å². The van der Waals surface area contributed by atoms with Gasteiger partial charge in [-0.15, -0.1) is 0 Å². The molecule has 0 saturated carbocycles. The summed E-state index contributed by atoms with van der Waals surface area (Å²) in [5, 5.41) is 19.1. The summed E-state index contributed by atoms with van der Waals surface area (Å²) in [6, 6.07) is 6.76. The van der Waals surface area contributed by atoms with E-state index in [-0.39, 0.29) is 18.7 Å². The maximum absolute atomic E-state index is 12.1. The van der Waals surface area contributed by atoms with Crippen molar-refractivity contribution in [3.05, 3.63) is 42.4 Å². The van der Waals surface area contributed by atoms with Gasteiger partial charge < -0.3 is 10.4 Å². The first kappa shape index (κ1) is 17.0. The number of urea groups is 1. The van der Waals surface area contributed by atoms with Crippen molar-refractivity contribution < 1.29 is 9.90 Å². The lowest BCUT2D eigenvalue weighted by Gasteiger charge is -2.18. The lowest BCUT2D eigenvalue weighted by molar-refractivity contribution is 0.214. The van der Waals surface area contributed by atoms with Crippen LogP contribution in [-0.4, -0.2) is 38.6 Å². The van der Waals surface area contributed by atoms with E-state index in [0.717, 1.165) is 12.1 Å². The second kappa shape index (κ2) is 8.28. The summed E-state index contributed by atoms with van der Waals surface area (Å²) < 4.78 is 1.66. The summed E-state index contributed by atoms with van der Waals surface area (Å²) in [5.74, 6) is 0.969. The molecular formula is C16H23N5O2. The van der Waals surface area contributed by atoms with Gasteiger partial charge in [-0.25, -0.2) is 9.48 Å². The Morgan fingerprint density at radius 1 is 1.30 bits per heavy atom. The van der Waals surface area contributed by atoms with E-state index in [2.05, 4.69) is 20.7 Å². The zero-order valence-electron chi connectivity index (χ0n) is 13.4. The number of nitrogens with zero attached hydrogens (tertiary/aromatic N) is 3. The number of aliphatic hydroxyl groups excluding tert-OH is 1. The predicted molar refractivity (Wildman–Crippen MR) is 88.0 cm³/mol. The minimum atomic E-state index is -0.354. The molecule has 0 aromatic carbocycles. The number of amides is 2. The van der Waals surface area contributed by atoms with Gasteiger partial charge in [-0.2, -0.15) is 5.10 Å². The molecule has 3 N–H and O–H groups in total. The third kappa shape index (κ3) is 5.37. The van der Waals surface area contributed by atoms with E-state index < -0.39 is 0 Å². The summed E-state index contributed by atoms with van der Waals surface area (Å²) in [5.41, 5.74) is 0.854. The fraction of sp³-hybridized carbons (Fsp3) is 0.438. The van der Waals surface area contributed by atoms with Crippen LogP contribution in [0.25, 0.3) is 0 Å². The summed E-state index contributed by atoms with van der Waals surface area (Å²) in [4.78, 5) is 16.3. The van der Waals surface area contributed by atoms with Crippen LogP contribution in [0.1, 0.15) is 26.0 Å². The van der Waals surface area contributed by atoms with Crippen LogP contribution in [0.3, 0.4) is 0 Å². The Morgan fingerprint density at radius 2 is 2.13 bits per heavy atom. The number of nitrogens with one attached hydrogen (secondary N) is 2. The highest BCUT2D eigenvalue weighted by atomic mass is 16.3. The molecule has 1 unspecified atom stereocenters. The number of anilines is 1. The van der Waals surface area contributed by atoms with E-state index in [1.54, 1.807) is 23.1 Å². The lowest BCUT2D eigenvalue weighted by atomic mass is 10.0. The first-order valence-corrected chi connectivity index (χ1v) is 7.68. The number of aliphatic hydroxyl groups is 1. The van der Waals surface area contributed by atoms with E-state index in [9.17, 15) is 9.90 Å². The molecule has 0 radical (unpaired) electrons. The molecule has 2 rings (SSSR count). The molecule has 0 aliphatic rings. The fourth-order valence-corrected chi connectivity index (χ4v) is 2.30. The standard InChI is InChI=1S/C16H23N5O2/c1-12(2)9-14(11-22)19-16(23)20-15-6-8-18-21(15)10-13-5-3-4-7-17-13/h3-8,12,14,22H,9-11H2,1-2H3,(H2,19,20,23). The van der Waals surface area contributed by atoms with Gasteiger partial charge in [-0.1, -0.05) is 19.9 Å². The second-order valence-electron chi connectivity index (χ2n) is 5.80. The van der Waals surface area contributed by atoms with Crippen molar-refractivity contribution in [1.82, 2.24) is 20.1 Å². The molecule has 23 heavy (non-hydrogen) atoms. The Balaban J connectivity index is 1.95. The first-order chi connectivity index (χ1) is 11.1. The van der Waals surface area contributed by atoms with Gasteiger partial charge in [0.05, 0.1) is 31.1 Å². The molecule has 0 aliphatic heterocycles. The highest BCUT2D eigenvalue weighted by molar-refractivity contribution is 5.88. The molecule has 0 spiro atoms. The Kier molecular flexibility index (Phi) is 6.10. The molecule has 7 heteroatoms. The van der Waals surface area contributed by atoms with Crippen LogP contribution in [0.15, 0.2) is 36.7 Å². The highest BCUT2D eigenvalue weighted by Crippen LogP contribution is 2.09. The van der Waals surface area contributed by atoms with Crippen molar-refractivity contribution >= 4 is 11.8 Å². The molecular weight excluding hydrogens is 294 g/mol. The molecule has 2 heterocycles. The Labute approximate surface area is 135 Å². The number of carbonyl (C=O) groups is 1. The van der Waals surface area contributed by atoms with Crippen molar-refractivity contribution in [2.75, 3.05) is 11.9 Å². The predicted octanol–water partition coefficient (Wildman–Crippen LogP) is 1.85. The molecule has 2 amide bonds. The number of hydrogen-bond acceptors (Lipinski definition) is 4. The van der Waals surface area contributed by atoms with Crippen molar-refractivity contribution in [3.63, 3.8) is 0 Å². The van der Waals surface area contributed by atoms with Crippen LogP contribution in [0, 0.1) is 5.92 Å². The second-order valence-corrected chi connectivity index (χ2v) is 5.80. The van der Waals surface area contributed by atoms with Crippen molar-refractivity contribution in [2.24, 2.45) is 5.92 Å². The molecule has 2 aromatic heterocycles. The lowest BCUT2D eigenvalue weighted by Crippen LogP contribution is -2.41. The molecule has 2 aromatic rings. The Bertz CT molecular complexity index is 612. The smallest absolute Gasteiger partial charge is 0.320 e. The average molecular weight is 317 g/mol. The maximum atomic E-state index is 12.1. The molecule has 7 nitrogen and oxygen atoms in total. The Hall–Kier alpha value is -2.41. The number of hydrogen-bond donors (Lipinski definition) is 3. The highest BCUT2D eigenvalue weighted by Gasteiger charge is 2.14. The fourth-order valence-electron chi connectivity index (χ4n) is 2.30. The van der Waals surface area contributed by atoms with E-state index in [1.165, 1.54) is 0 Å². The van der Waals surface area contributed by atoms with Crippen LogP contribution in [0.4, 0.5) is 10.6 Å². The number of carbonyl (C=O) groups excluding carboxylic acids is 1. The maximum Gasteiger partial charge on any atom is 0.320 e. The van der Waals surface area contributed by atoms with Crippen molar-refractivity contribution in [3.8, 4) is 0 Å². The van der Waals surface area contributed by atoms with Gasteiger partial charge in [0.15, 0.2) is 0 Å². The quantitative estimate of drug-likeness (QED) is 0.727. The van der Waals surface area contributed by atoms with Crippen LogP contribution in [0.2, 0.25) is 0 Å². The summed E-state index contributed by atoms with van der Waals surface area (Å²) in [6.45, 7) is 4.48. The van der Waals surface area contributed by atoms with Crippen molar-refractivity contribution in [2.45, 2.75) is 32.9 Å². The van der Waals surface area contributed by atoms with Crippen molar-refractivity contribution in [1.29, 1.82) is 0 Å². The molecule has 1 atom stereocenters. The largest absolute Gasteiger partial charge is 0.394 e. The van der Waals surface area contributed by atoms with Gasteiger partial charge in [0.25, 0.3) is 0 Å². The summed E-state index contributed by atoms with van der Waals surface area (Å²) in [7, 11) is 0. The molecule has 0 bridgehead atoms. The van der Waals surface area contributed by atoms with E-state index in [4.69, 9.17) is 0 Å². The monoisotopic (exact) mass is 317 g/mol. The van der Waals surface area contributed by atoms with E-state index in [1.807, 2.05) is 32.0 Å². The molecule has 0 aliphatic carbocycles. The van der Waals surface area contributed by atoms with Gasteiger partial charge >= 0.3 is 6.03 Å². The minimum absolute atomic E-state index is 0.0845. The third-order valence-corrected chi connectivity index (χ3v) is 3.31. The normalized spacial score (nSPS) is 12.2. The van der Waals surface area contributed by atoms with Gasteiger partial charge in [0.1, 0.15) is 5.82 Å². The van der Waals surface area contributed by atoms with E-state index >= 15 is 0 Å². The topological polar surface area (TPSA) is 92.1 Å². The first-order valence-electron chi connectivity index (χ1n) is 7.68. The number of rotatable bonds is 7. The van der Waals surface area contributed by atoms with Crippen LogP contribution in [-0.2, 0) is 6.54 Å². The summed E-state index contributed by atoms with van der Waals surface area (Å²) in [6.07, 6.45) is 4.06. The van der Waals surface area contributed by atoms with Gasteiger partial charge in [0.2, 0.25) is 0 Å². The number of pyridine rings is 1. The zero-order valence-corrected chi connectivity index (χ0v) is 13.4. The third-order valence-electron chi connectivity index (χ3n) is 3.31. The van der Waals surface area contributed by atoms with Crippen LogP contribution < -0.4 is 10.6 Å². The molecule has 0 fully saturated rings. The molecule has 124 valence electrons. The van der Waals surface area contributed by atoms with Crippen LogP contribution in [0.5, 0.6) is 0 Å². The van der Waals surface area contributed by atoms with Gasteiger partial charge in [-0.05, 0) is 24.5 Å². The van der Waals surface area contributed by atoms with Gasteiger partial charge in [0, 0.05) is 12.3 Å².